The van der Waals surface area contributed by atoms with Crippen molar-refractivity contribution in [2.24, 2.45) is 10.7 Å². The van der Waals surface area contributed by atoms with Crippen molar-refractivity contribution in [3.05, 3.63) is 65.6 Å². The highest BCUT2D eigenvalue weighted by atomic mass is 16.5. The van der Waals surface area contributed by atoms with Crippen LogP contribution in [0.2, 0.25) is 0 Å². The van der Waals surface area contributed by atoms with Crippen LogP contribution in [0.5, 0.6) is 11.5 Å². The van der Waals surface area contributed by atoms with Crippen molar-refractivity contribution in [3.8, 4) is 11.5 Å². The van der Waals surface area contributed by atoms with Crippen molar-refractivity contribution in [1.29, 1.82) is 0 Å². The molecule has 136 valence electrons. The topological polar surface area (TPSA) is 118 Å². The molecule has 0 spiro atoms. The molecule has 2 rings (SSSR count). The first-order valence-corrected chi connectivity index (χ1v) is 8.02. The molecular formula is C19H21N3O4. The van der Waals surface area contributed by atoms with Crippen LogP contribution in [0, 0.1) is 0 Å². The lowest BCUT2D eigenvalue weighted by atomic mass is 10.1. The number of aromatic hydroxyl groups is 1. The third-order valence-electron chi connectivity index (χ3n) is 3.39. The Morgan fingerprint density at radius 2 is 2.12 bits per heavy atom. The Kier molecular flexibility index (Phi) is 6.32. The Bertz CT molecular complexity index is 844. The van der Waals surface area contributed by atoms with E-state index in [1.807, 2.05) is 19.9 Å². The van der Waals surface area contributed by atoms with Gasteiger partial charge in [-0.2, -0.15) is 0 Å². The molecule has 0 aliphatic rings. The van der Waals surface area contributed by atoms with Gasteiger partial charge in [-0.05, 0) is 44.3 Å². The zero-order valence-corrected chi connectivity index (χ0v) is 14.6. The van der Waals surface area contributed by atoms with Gasteiger partial charge >= 0.3 is 5.97 Å². The number of aliphatic imine (C=N–C) groups is 1. The van der Waals surface area contributed by atoms with E-state index >= 15 is 0 Å². The van der Waals surface area contributed by atoms with Gasteiger partial charge in [-0.3, -0.25) is 9.98 Å². The van der Waals surface area contributed by atoms with Gasteiger partial charge in [-0.1, -0.05) is 12.1 Å². The van der Waals surface area contributed by atoms with Gasteiger partial charge in [0.05, 0.1) is 11.4 Å². The molecule has 0 saturated heterocycles. The van der Waals surface area contributed by atoms with Gasteiger partial charge in [-0.15, -0.1) is 0 Å². The maximum absolute atomic E-state index is 11.3. The summed E-state index contributed by atoms with van der Waals surface area (Å²) in [6, 6.07) is 7.91. The van der Waals surface area contributed by atoms with Gasteiger partial charge < -0.3 is 20.7 Å². The van der Waals surface area contributed by atoms with Gasteiger partial charge in [-0.25, -0.2) is 4.79 Å². The van der Waals surface area contributed by atoms with Crippen LogP contribution in [0.4, 0.5) is 0 Å². The highest BCUT2D eigenvalue weighted by molar-refractivity contribution is 6.08. The normalized spacial score (nSPS) is 11.9. The van der Waals surface area contributed by atoms with E-state index in [1.54, 1.807) is 18.3 Å². The number of pyridine rings is 1. The Morgan fingerprint density at radius 3 is 2.77 bits per heavy atom. The van der Waals surface area contributed by atoms with Crippen LogP contribution in [-0.4, -0.2) is 32.9 Å². The first kappa shape index (κ1) is 19.0. The Labute approximate surface area is 151 Å². The molecule has 0 amide bonds. The minimum Gasteiger partial charge on any atom is -0.507 e. The number of hydrogen-bond donors (Lipinski definition) is 3. The molecule has 0 unspecified atom stereocenters. The van der Waals surface area contributed by atoms with Crippen LogP contribution < -0.4 is 10.5 Å². The molecule has 1 aromatic carbocycles. The summed E-state index contributed by atoms with van der Waals surface area (Å²) in [5, 5.41) is 19.0. The monoisotopic (exact) mass is 355 g/mol. The Hall–Kier alpha value is -3.35. The average molecular weight is 355 g/mol. The number of hydrogen-bond acceptors (Lipinski definition) is 6. The maximum atomic E-state index is 11.3. The molecular weight excluding hydrogens is 334 g/mol. The molecule has 7 heteroatoms. The molecule has 0 saturated carbocycles. The number of phenols is 1. The third kappa shape index (κ3) is 4.60. The molecule has 2 aromatic rings. The van der Waals surface area contributed by atoms with Crippen LogP contribution in [0.15, 0.2) is 53.8 Å². The molecule has 7 nitrogen and oxygen atoms in total. The predicted molar refractivity (Wildman–Crippen MR) is 98.6 cm³/mol. The molecule has 26 heavy (non-hydrogen) atoms. The third-order valence-corrected chi connectivity index (χ3v) is 3.39. The van der Waals surface area contributed by atoms with E-state index in [1.165, 1.54) is 24.4 Å². The lowest BCUT2D eigenvalue weighted by molar-refractivity contribution is 0.0688. The maximum Gasteiger partial charge on any atom is 0.343 e. The first-order chi connectivity index (χ1) is 12.4. The summed E-state index contributed by atoms with van der Waals surface area (Å²) in [6.45, 7) is 3.94. The molecule has 0 bridgehead atoms. The van der Waals surface area contributed by atoms with Crippen molar-refractivity contribution in [2.75, 3.05) is 0 Å². The van der Waals surface area contributed by atoms with Crippen molar-refractivity contribution in [2.45, 2.75) is 26.5 Å². The van der Waals surface area contributed by atoms with Crippen LogP contribution in [0.1, 0.15) is 35.5 Å². The molecule has 0 atom stereocenters. The van der Waals surface area contributed by atoms with E-state index in [9.17, 15) is 15.0 Å². The van der Waals surface area contributed by atoms with Crippen molar-refractivity contribution in [3.63, 3.8) is 0 Å². The number of carboxylic acids is 1. The van der Waals surface area contributed by atoms with E-state index in [0.29, 0.717) is 17.0 Å². The summed E-state index contributed by atoms with van der Waals surface area (Å²) in [5.41, 5.74) is 7.15. The highest BCUT2D eigenvalue weighted by Crippen LogP contribution is 2.28. The standard InChI is InChI=1S/C19H21N3O4/c1-12(2)22-14(8-9-20)18-13(5-4-10-21-18)11-26-16-7-3-6-15(23)17(16)19(24)25/h3-10,12,23H,11,20H2,1-2H3,(H,24,25)/b9-8-,22-14?. The van der Waals surface area contributed by atoms with Gasteiger partial charge in [0.25, 0.3) is 0 Å². The smallest absolute Gasteiger partial charge is 0.343 e. The number of allylic oxidation sites excluding steroid dienone is 1. The molecule has 0 aliphatic heterocycles. The fourth-order valence-corrected chi connectivity index (χ4v) is 2.35. The Balaban J connectivity index is 2.36. The molecule has 0 radical (unpaired) electrons. The van der Waals surface area contributed by atoms with Gasteiger partial charge in [0.15, 0.2) is 0 Å². The minimum absolute atomic E-state index is 0.0432. The van der Waals surface area contributed by atoms with Gasteiger partial charge in [0, 0.05) is 17.8 Å². The molecule has 1 heterocycles. The highest BCUT2D eigenvalue weighted by Gasteiger charge is 2.17. The number of aromatic carboxylic acids is 1. The summed E-state index contributed by atoms with van der Waals surface area (Å²) < 4.78 is 5.65. The van der Waals surface area contributed by atoms with E-state index in [2.05, 4.69) is 9.98 Å². The quantitative estimate of drug-likeness (QED) is 0.657. The Morgan fingerprint density at radius 1 is 1.35 bits per heavy atom. The number of aromatic nitrogens is 1. The number of carboxylic acid groups (broad SMARTS) is 1. The van der Waals surface area contributed by atoms with E-state index in [0.717, 1.165) is 0 Å². The second-order valence-electron chi connectivity index (χ2n) is 5.72. The van der Waals surface area contributed by atoms with Crippen LogP contribution in [0.3, 0.4) is 0 Å². The summed E-state index contributed by atoms with van der Waals surface area (Å²) in [4.78, 5) is 20.2. The van der Waals surface area contributed by atoms with Crippen LogP contribution in [-0.2, 0) is 6.61 Å². The van der Waals surface area contributed by atoms with Crippen molar-refractivity contribution in [1.82, 2.24) is 4.98 Å². The minimum atomic E-state index is -1.27. The largest absolute Gasteiger partial charge is 0.507 e. The average Bonchev–Trinajstić information content (AvgIpc) is 2.59. The summed E-state index contributed by atoms with van der Waals surface area (Å²) >= 11 is 0. The lowest BCUT2D eigenvalue weighted by Gasteiger charge is -2.13. The SMILES string of the molecule is CC(C)N=C(/C=C\N)c1ncccc1COc1cccc(O)c1C(=O)O. The summed E-state index contributed by atoms with van der Waals surface area (Å²) in [6.07, 6.45) is 4.68. The number of ether oxygens (including phenoxy) is 1. The molecule has 0 aliphatic carbocycles. The van der Waals surface area contributed by atoms with Crippen molar-refractivity contribution < 1.29 is 19.7 Å². The van der Waals surface area contributed by atoms with Gasteiger partial charge in [0.2, 0.25) is 0 Å². The number of benzene rings is 1. The fourth-order valence-electron chi connectivity index (χ4n) is 2.35. The fraction of sp³-hybridized carbons (Fsp3) is 0.211. The van der Waals surface area contributed by atoms with Crippen LogP contribution >= 0.6 is 0 Å². The van der Waals surface area contributed by atoms with Gasteiger partial charge in [0.1, 0.15) is 23.7 Å². The second-order valence-corrected chi connectivity index (χ2v) is 5.72. The van der Waals surface area contributed by atoms with Crippen LogP contribution in [0.25, 0.3) is 0 Å². The predicted octanol–water partition coefficient (Wildman–Crippen LogP) is 2.73. The summed E-state index contributed by atoms with van der Waals surface area (Å²) in [7, 11) is 0. The second kappa shape index (κ2) is 8.66. The van der Waals surface area contributed by atoms with Crippen molar-refractivity contribution >= 4 is 11.7 Å². The zero-order valence-electron chi connectivity index (χ0n) is 14.6. The van der Waals surface area contributed by atoms with E-state index in [-0.39, 0.29) is 29.7 Å². The number of nitrogens with zero attached hydrogens (tertiary/aromatic N) is 2. The number of nitrogens with two attached hydrogens (primary N) is 1. The zero-order chi connectivity index (χ0) is 19.1. The summed E-state index contributed by atoms with van der Waals surface area (Å²) in [5.74, 6) is -1.55. The van der Waals surface area contributed by atoms with E-state index < -0.39 is 5.97 Å². The molecule has 0 fully saturated rings. The molecule has 4 N–H and O–H groups in total. The lowest BCUT2D eigenvalue weighted by Crippen LogP contribution is -2.11. The van der Waals surface area contributed by atoms with E-state index in [4.69, 9.17) is 10.5 Å². The first-order valence-electron chi connectivity index (χ1n) is 8.02. The number of rotatable bonds is 7. The molecule has 1 aromatic heterocycles. The number of carbonyl (C=O) groups is 1.